The molecular weight excluding hydrogens is 344 g/mol. The SMILES string of the molecule is CC(C)(C)OC(=O)NCCCc1ccc(-c2ccccc2C(N)=S)cc1. The minimum Gasteiger partial charge on any atom is -0.444 e. The van der Waals surface area contributed by atoms with Gasteiger partial charge in [-0.25, -0.2) is 4.79 Å². The maximum atomic E-state index is 11.6. The Morgan fingerprint density at radius 1 is 1.12 bits per heavy atom. The monoisotopic (exact) mass is 370 g/mol. The summed E-state index contributed by atoms with van der Waals surface area (Å²) < 4.78 is 5.21. The van der Waals surface area contributed by atoms with Gasteiger partial charge in [-0.2, -0.15) is 0 Å². The van der Waals surface area contributed by atoms with Crippen molar-refractivity contribution < 1.29 is 9.53 Å². The summed E-state index contributed by atoms with van der Waals surface area (Å²) in [5.74, 6) is 0. The number of ether oxygens (including phenoxy) is 1. The summed E-state index contributed by atoms with van der Waals surface area (Å²) in [6.07, 6.45) is 1.36. The lowest BCUT2D eigenvalue weighted by Crippen LogP contribution is -2.33. The van der Waals surface area contributed by atoms with E-state index in [0.29, 0.717) is 11.5 Å². The van der Waals surface area contributed by atoms with Crippen molar-refractivity contribution in [3.8, 4) is 11.1 Å². The molecular formula is C21H26N2O2S. The van der Waals surface area contributed by atoms with Crippen LogP contribution in [0.2, 0.25) is 0 Å². The van der Waals surface area contributed by atoms with Gasteiger partial charge in [0.15, 0.2) is 0 Å². The van der Waals surface area contributed by atoms with E-state index < -0.39 is 5.60 Å². The molecule has 0 saturated carbocycles. The predicted octanol–water partition coefficient (Wildman–Crippen LogP) is 4.45. The Morgan fingerprint density at radius 3 is 2.38 bits per heavy atom. The number of nitrogens with one attached hydrogen (secondary N) is 1. The van der Waals surface area contributed by atoms with Gasteiger partial charge in [0, 0.05) is 12.1 Å². The minimum atomic E-state index is -0.470. The summed E-state index contributed by atoms with van der Waals surface area (Å²) in [6, 6.07) is 16.2. The minimum absolute atomic E-state index is 0.373. The lowest BCUT2D eigenvalue weighted by atomic mass is 9.98. The third-order valence-corrected chi connectivity index (χ3v) is 3.99. The number of carbonyl (C=O) groups excluding carboxylic acids is 1. The van der Waals surface area contributed by atoms with E-state index in [1.165, 1.54) is 5.56 Å². The second kappa shape index (κ2) is 8.81. The summed E-state index contributed by atoms with van der Waals surface area (Å²) in [5.41, 5.74) is 9.57. The van der Waals surface area contributed by atoms with Crippen LogP contribution in [0.5, 0.6) is 0 Å². The highest BCUT2D eigenvalue weighted by Gasteiger charge is 2.15. The number of aryl methyl sites for hydroxylation is 1. The maximum Gasteiger partial charge on any atom is 0.407 e. The fourth-order valence-electron chi connectivity index (χ4n) is 2.60. The first kappa shape index (κ1) is 19.9. The van der Waals surface area contributed by atoms with Crippen LogP contribution < -0.4 is 11.1 Å². The summed E-state index contributed by atoms with van der Waals surface area (Å²) in [6.45, 7) is 6.14. The van der Waals surface area contributed by atoms with Crippen molar-refractivity contribution in [2.45, 2.75) is 39.2 Å². The van der Waals surface area contributed by atoms with Gasteiger partial charge in [-0.05, 0) is 50.3 Å². The van der Waals surface area contributed by atoms with Crippen molar-refractivity contribution in [1.82, 2.24) is 5.32 Å². The molecule has 26 heavy (non-hydrogen) atoms. The van der Waals surface area contributed by atoms with Crippen LogP contribution in [0.15, 0.2) is 48.5 Å². The van der Waals surface area contributed by atoms with Crippen LogP contribution in [0.1, 0.15) is 38.3 Å². The molecule has 0 radical (unpaired) electrons. The first-order valence-electron chi connectivity index (χ1n) is 8.71. The van der Waals surface area contributed by atoms with E-state index in [1.54, 1.807) is 0 Å². The zero-order valence-corrected chi connectivity index (χ0v) is 16.4. The molecule has 0 aromatic heterocycles. The Labute approximate surface area is 160 Å². The van der Waals surface area contributed by atoms with E-state index in [1.807, 2.05) is 45.0 Å². The number of benzene rings is 2. The molecule has 138 valence electrons. The summed E-state index contributed by atoms with van der Waals surface area (Å²) in [5, 5.41) is 2.78. The molecule has 4 nitrogen and oxygen atoms in total. The molecule has 0 bridgehead atoms. The molecule has 0 aliphatic carbocycles. The van der Waals surface area contributed by atoms with Gasteiger partial charge >= 0.3 is 6.09 Å². The van der Waals surface area contributed by atoms with Gasteiger partial charge in [-0.3, -0.25) is 0 Å². The molecule has 0 aliphatic heterocycles. The molecule has 0 aliphatic rings. The molecule has 2 rings (SSSR count). The molecule has 1 amide bonds. The zero-order chi connectivity index (χ0) is 19.2. The lowest BCUT2D eigenvalue weighted by Gasteiger charge is -2.19. The van der Waals surface area contributed by atoms with E-state index in [9.17, 15) is 4.79 Å². The standard InChI is InChI=1S/C21H26N2O2S/c1-21(2,3)25-20(24)23-14-6-7-15-10-12-16(13-11-15)17-8-4-5-9-18(17)19(22)26/h4-5,8-13H,6-7,14H2,1-3H3,(H2,22,26)(H,23,24). The topological polar surface area (TPSA) is 64.3 Å². The second-order valence-corrected chi connectivity index (χ2v) is 7.58. The number of amides is 1. The van der Waals surface area contributed by atoms with Crippen molar-refractivity contribution in [2.75, 3.05) is 6.54 Å². The van der Waals surface area contributed by atoms with Crippen LogP contribution in [0.25, 0.3) is 11.1 Å². The van der Waals surface area contributed by atoms with Gasteiger partial charge in [0.05, 0.1) is 0 Å². The second-order valence-electron chi connectivity index (χ2n) is 7.14. The highest BCUT2D eigenvalue weighted by Crippen LogP contribution is 2.24. The fraction of sp³-hybridized carbons (Fsp3) is 0.333. The number of carbonyl (C=O) groups is 1. The van der Waals surface area contributed by atoms with Gasteiger partial charge in [-0.15, -0.1) is 0 Å². The number of hydrogen-bond acceptors (Lipinski definition) is 3. The zero-order valence-electron chi connectivity index (χ0n) is 15.5. The van der Waals surface area contributed by atoms with E-state index in [4.69, 9.17) is 22.7 Å². The van der Waals surface area contributed by atoms with Gasteiger partial charge < -0.3 is 15.8 Å². The van der Waals surface area contributed by atoms with Crippen molar-refractivity contribution in [3.05, 3.63) is 59.7 Å². The quantitative estimate of drug-likeness (QED) is 0.583. The van der Waals surface area contributed by atoms with E-state index in [-0.39, 0.29) is 6.09 Å². The molecule has 2 aromatic rings. The van der Waals surface area contributed by atoms with Crippen molar-refractivity contribution >= 4 is 23.3 Å². The Kier molecular flexibility index (Phi) is 6.75. The number of hydrogen-bond donors (Lipinski definition) is 2. The Balaban J connectivity index is 1.89. The molecule has 3 N–H and O–H groups in total. The number of nitrogens with two attached hydrogens (primary N) is 1. The Hall–Kier alpha value is -2.40. The smallest absolute Gasteiger partial charge is 0.407 e. The third-order valence-electron chi connectivity index (χ3n) is 3.77. The number of thiocarbonyl (C=S) groups is 1. The number of alkyl carbamates (subject to hydrolysis) is 1. The Bertz CT molecular complexity index is 764. The van der Waals surface area contributed by atoms with E-state index >= 15 is 0 Å². The number of rotatable bonds is 6. The van der Waals surface area contributed by atoms with Crippen LogP contribution in [0.3, 0.4) is 0 Å². The molecule has 5 heteroatoms. The summed E-state index contributed by atoms with van der Waals surface area (Å²) in [7, 11) is 0. The van der Waals surface area contributed by atoms with Gasteiger partial charge in [0.25, 0.3) is 0 Å². The summed E-state index contributed by atoms with van der Waals surface area (Å²) in [4.78, 5) is 12.0. The van der Waals surface area contributed by atoms with E-state index in [2.05, 4.69) is 29.6 Å². The van der Waals surface area contributed by atoms with Gasteiger partial charge in [-0.1, -0.05) is 60.7 Å². The predicted molar refractivity (Wildman–Crippen MR) is 110 cm³/mol. The van der Waals surface area contributed by atoms with Crippen molar-refractivity contribution in [1.29, 1.82) is 0 Å². The highest BCUT2D eigenvalue weighted by molar-refractivity contribution is 7.80. The van der Waals surface area contributed by atoms with Crippen molar-refractivity contribution in [3.63, 3.8) is 0 Å². The molecule has 2 aromatic carbocycles. The lowest BCUT2D eigenvalue weighted by molar-refractivity contribution is 0.0527. The van der Waals surface area contributed by atoms with Crippen LogP contribution in [-0.4, -0.2) is 23.2 Å². The molecule has 0 heterocycles. The van der Waals surface area contributed by atoms with Crippen molar-refractivity contribution in [2.24, 2.45) is 5.73 Å². The highest BCUT2D eigenvalue weighted by atomic mass is 32.1. The molecule has 0 saturated heterocycles. The Morgan fingerprint density at radius 2 is 1.77 bits per heavy atom. The molecule has 0 unspecified atom stereocenters. The normalized spacial score (nSPS) is 11.0. The fourth-order valence-corrected chi connectivity index (χ4v) is 2.78. The van der Waals surface area contributed by atoms with Gasteiger partial charge in [0.1, 0.15) is 10.6 Å². The van der Waals surface area contributed by atoms with Crippen LogP contribution in [-0.2, 0) is 11.2 Å². The average molecular weight is 371 g/mol. The first-order valence-corrected chi connectivity index (χ1v) is 9.12. The van der Waals surface area contributed by atoms with Crippen LogP contribution in [0, 0.1) is 0 Å². The van der Waals surface area contributed by atoms with Gasteiger partial charge in [0.2, 0.25) is 0 Å². The van der Waals surface area contributed by atoms with E-state index in [0.717, 1.165) is 29.5 Å². The molecule has 0 fully saturated rings. The summed E-state index contributed by atoms with van der Waals surface area (Å²) >= 11 is 5.13. The first-order chi connectivity index (χ1) is 12.3. The molecule has 0 spiro atoms. The van der Waals surface area contributed by atoms with Crippen LogP contribution >= 0.6 is 12.2 Å². The maximum absolute atomic E-state index is 11.6. The largest absolute Gasteiger partial charge is 0.444 e. The molecule has 0 atom stereocenters. The third kappa shape index (κ3) is 6.15. The average Bonchev–Trinajstić information content (AvgIpc) is 2.58. The van der Waals surface area contributed by atoms with Crippen LogP contribution in [0.4, 0.5) is 4.79 Å².